The molecule has 0 atom stereocenters. The first-order valence-electron chi connectivity index (χ1n) is 9.78. The van der Waals surface area contributed by atoms with E-state index < -0.39 is 12.3 Å². The number of nitrogens with zero attached hydrogens (tertiary/aromatic N) is 3. The number of carbonyl (C=O) groups is 2. The van der Waals surface area contributed by atoms with Crippen molar-refractivity contribution in [2.45, 2.75) is 12.7 Å². The van der Waals surface area contributed by atoms with Crippen molar-refractivity contribution in [2.24, 2.45) is 0 Å². The van der Waals surface area contributed by atoms with Gasteiger partial charge in [-0.05, 0) is 24.3 Å². The van der Waals surface area contributed by atoms with Gasteiger partial charge < -0.3 is 29.9 Å². The van der Waals surface area contributed by atoms with Crippen LogP contribution in [0.2, 0.25) is 0 Å². The Morgan fingerprint density at radius 3 is 2.58 bits per heavy atom. The van der Waals surface area contributed by atoms with E-state index in [0.717, 1.165) is 5.82 Å². The number of urea groups is 1. The van der Waals surface area contributed by atoms with Crippen LogP contribution in [0.4, 0.5) is 25.1 Å². The number of nitrogens with one attached hydrogen (secondary N) is 2. The predicted molar refractivity (Wildman–Crippen MR) is 107 cm³/mol. The van der Waals surface area contributed by atoms with Crippen LogP contribution in [0.1, 0.15) is 6.42 Å². The van der Waals surface area contributed by atoms with Crippen molar-refractivity contribution in [1.82, 2.24) is 15.2 Å². The number of hydrogen-bond acceptors (Lipinski definition) is 6. The smallest absolute Gasteiger partial charge is 0.395 e. The molecule has 3 amide bonds. The first-order chi connectivity index (χ1) is 14.9. The van der Waals surface area contributed by atoms with E-state index in [4.69, 9.17) is 0 Å². The summed E-state index contributed by atoms with van der Waals surface area (Å²) in [6.07, 6.45) is -1.82. The van der Waals surface area contributed by atoms with Gasteiger partial charge in [0, 0.05) is 57.1 Å². The van der Waals surface area contributed by atoms with Crippen LogP contribution in [-0.2, 0) is 4.79 Å². The van der Waals surface area contributed by atoms with Crippen molar-refractivity contribution in [2.75, 3.05) is 42.9 Å². The lowest BCUT2D eigenvalue weighted by molar-refractivity contribution is -0.286. The molecule has 2 aromatic rings. The van der Waals surface area contributed by atoms with Gasteiger partial charge in [-0.1, -0.05) is 6.07 Å². The summed E-state index contributed by atoms with van der Waals surface area (Å²) >= 11 is 0. The van der Waals surface area contributed by atoms with Gasteiger partial charge in [-0.25, -0.2) is 9.78 Å². The normalized spacial score (nSPS) is 16.7. The van der Waals surface area contributed by atoms with Crippen LogP contribution in [0.15, 0.2) is 42.6 Å². The number of benzene rings is 1. The van der Waals surface area contributed by atoms with E-state index >= 15 is 0 Å². The van der Waals surface area contributed by atoms with Crippen LogP contribution in [0.3, 0.4) is 0 Å². The molecule has 0 spiro atoms. The molecule has 1 saturated heterocycles. The number of fused-ring (bicyclic) bond motifs is 1. The number of halogens is 2. The lowest BCUT2D eigenvalue weighted by atomic mass is 10.2. The maximum absolute atomic E-state index is 13.0. The molecule has 2 N–H and O–H groups in total. The van der Waals surface area contributed by atoms with Crippen LogP contribution in [0.25, 0.3) is 0 Å². The number of amides is 3. The Hall–Kier alpha value is -3.63. The number of ether oxygens (including phenoxy) is 2. The summed E-state index contributed by atoms with van der Waals surface area (Å²) in [5, 5.41) is 5.09. The maximum atomic E-state index is 13.0. The maximum Gasteiger partial charge on any atom is 0.586 e. The van der Waals surface area contributed by atoms with E-state index in [1.54, 1.807) is 11.1 Å². The van der Waals surface area contributed by atoms with Crippen LogP contribution < -0.4 is 25.0 Å². The summed E-state index contributed by atoms with van der Waals surface area (Å²) in [5.41, 5.74) is 0.259. The first-order valence-corrected chi connectivity index (χ1v) is 9.78. The fourth-order valence-electron chi connectivity index (χ4n) is 3.37. The third-order valence-corrected chi connectivity index (χ3v) is 4.89. The second-order valence-corrected chi connectivity index (χ2v) is 7.02. The molecule has 31 heavy (non-hydrogen) atoms. The van der Waals surface area contributed by atoms with Gasteiger partial charge in [-0.15, -0.1) is 8.78 Å². The van der Waals surface area contributed by atoms with Crippen LogP contribution in [-0.4, -0.2) is 60.8 Å². The molecular weight excluding hydrogens is 412 g/mol. The Kier molecular flexibility index (Phi) is 5.74. The highest BCUT2D eigenvalue weighted by molar-refractivity contribution is 5.90. The summed E-state index contributed by atoms with van der Waals surface area (Å²) in [4.78, 5) is 32.6. The molecule has 9 nitrogen and oxygen atoms in total. The van der Waals surface area contributed by atoms with E-state index in [9.17, 15) is 18.4 Å². The Labute approximate surface area is 176 Å². The molecule has 3 heterocycles. The molecular formula is C20H21F2N5O4. The van der Waals surface area contributed by atoms with Crippen molar-refractivity contribution in [3.63, 3.8) is 0 Å². The average Bonchev–Trinajstić information content (AvgIpc) is 3.07. The molecule has 2 aliphatic rings. The highest BCUT2D eigenvalue weighted by Gasteiger charge is 2.43. The zero-order valence-corrected chi connectivity index (χ0v) is 16.5. The molecule has 0 unspecified atom stereocenters. The first kappa shape index (κ1) is 20.6. The van der Waals surface area contributed by atoms with Gasteiger partial charge in [0.1, 0.15) is 5.82 Å². The molecule has 0 radical (unpaired) electrons. The van der Waals surface area contributed by atoms with Gasteiger partial charge in [0.25, 0.3) is 0 Å². The molecule has 1 fully saturated rings. The van der Waals surface area contributed by atoms with Gasteiger partial charge in [0.05, 0.1) is 0 Å². The summed E-state index contributed by atoms with van der Waals surface area (Å²) in [6.45, 7) is 2.71. The number of rotatable bonds is 5. The number of piperazine rings is 1. The van der Waals surface area contributed by atoms with Crippen LogP contribution in [0.5, 0.6) is 11.5 Å². The monoisotopic (exact) mass is 433 g/mol. The van der Waals surface area contributed by atoms with Crippen molar-refractivity contribution in [1.29, 1.82) is 0 Å². The number of hydrogen-bond donors (Lipinski definition) is 2. The SMILES string of the molecule is O=C(NCCC(=O)N1CCN(c2ccccn2)CC1)Nc1ccc2c(c1)OC(F)(F)O2. The van der Waals surface area contributed by atoms with E-state index in [1.165, 1.54) is 18.2 Å². The Morgan fingerprint density at radius 1 is 1.06 bits per heavy atom. The zero-order chi connectivity index (χ0) is 21.8. The quantitative estimate of drug-likeness (QED) is 0.751. The predicted octanol–water partition coefficient (Wildman–Crippen LogP) is 2.26. The standard InChI is InChI=1S/C20H21F2N5O4/c21-20(22)30-15-5-4-14(13-16(15)31-20)25-19(29)24-8-6-18(28)27-11-9-26(10-12-27)17-3-1-2-7-23-17/h1-5,7,13H,6,8-12H2,(H2,24,25,29). The molecule has 164 valence electrons. The van der Waals surface area contributed by atoms with Crippen molar-refractivity contribution in [3.8, 4) is 11.5 Å². The molecule has 1 aromatic heterocycles. The largest absolute Gasteiger partial charge is 0.586 e. The molecule has 4 rings (SSSR count). The second kappa shape index (κ2) is 8.62. The van der Waals surface area contributed by atoms with Gasteiger partial charge in [-0.2, -0.15) is 0 Å². The van der Waals surface area contributed by atoms with Gasteiger partial charge >= 0.3 is 12.3 Å². The fourth-order valence-corrected chi connectivity index (χ4v) is 3.37. The van der Waals surface area contributed by atoms with Gasteiger partial charge in [-0.3, -0.25) is 4.79 Å². The minimum Gasteiger partial charge on any atom is -0.395 e. The zero-order valence-electron chi connectivity index (χ0n) is 16.5. The molecule has 0 saturated carbocycles. The van der Waals surface area contributed by atoms with Crippen molar-refractivity contribution >= 4 is 23.4 Å². The fraction of sp³-hybridized carbons (Fsp3) is 0.350. The minimum absolute atomic E-state index is 0.0497. The number of carbonyl (C=O) groups excluding carboxylic acids is 2. The Balaban J connectivity index is 1.18. The van der Waals surface area contributed by atoms with E-state index in [0.29, 0.717) is 26.2 Å². The Bertz CT molecular complexity index is 952. The summed E-state index contributed by atoms with van der Waals surface area (Å²) in [5.74, 6) is 0.568. The molecule has 0 aliphatic carbocycles. The van der Waals surface area contributed by atoms with E-state index in [1.807, 2.05) is 18.2 Å². The highest BCUT2D eigenvalue weighted by atomic mass is 19.3. The molecule has 0 bridgehead atoms. The van der Waals surface area contributed by atoms with E-state index in [2.05, 4.69) is 30.0 Å². The summed E-state index contributed by atoms with van der Waals surface area (Å²) in [6, 6.07) is 9.09. The van der Waals surface area contributed by atoms with E-state index in [-0.39, 0.29) is 36.1 Å². The van der Waals surface area contributed by atoms with Crippen molar-refractivity contribution in [3.05, 3.63) is 42.6 Å². The number of pyridine rings is 1. The number of anilines is 2. The minimum atomic E-state index is -3.72. The Morgan fingerprint density at radius 2 is 1.84 bits per heavy atom. The topological polar surface area (TPSA) is 96.0 Å². The third-order valence-electron chi connectivity index (χ3n) is 4.89. The van der Waals surface area contributed by atoms with Crippen LogP contribution in [0, 0.1) is 0 Å². The van der Waals surface area contributed by atoms with Crippen molar-refractivity contribution < 1.29 is 27.8 Å². The highest BCUT2D eigenvalue weighted by Crippen LogP contribution is 2.42. The summed E-state index contributed by atoms with van der Waals surface area (Å²) < 4.78 is 34.7. The third kappa shape index (κ3) is 5.11. The molecule has 11 heteroatoms. The van der Waals surface area contributed by atoms with Crippen LogP contribution >= 0.6 is 0 Å². The average molecular weight is 433 g/mol. The van der Waals surface area contributed by atoms with Gasteiger partial charge in [0.2, 0.25) is 5.91 Å². The lowest BCUT2D eigenvalue weighted by Gasteiger charge is -2.35. The van der Waals surface area contributed by atoms with Gasteiger partial charge in [0.15, 0.2) is 11.5 Å². The number of alkyl halides is 2. The molecule has 1 aromatic carbocycles. The second-order valence-electron chi connectivity index (χ2n) is 7.02. The lowest BCUT2D eigenvalue weighted by Crippen LogP contribution is -2.49. The molecule has 2 aliphatic heterocycles. The number of aromatic nitrogens is 1. The summed E-state index contributed by atoms with van der Waals surface area (Å²) in [7, 11) is 0.